The molecule has 2 aromatic heterocycles. The summed E-state index contributed by atoms with van der Waals surface area (Å²) in [5.74, 6) is 3.16. The van der Waals surface area contributed by atoms with Crippen LogP contribution in [-0.4, -0.2) is 60.6 Å². The zero-order valence-corrected chi connectivity index (χ0v) is 20.1. The molecule has 0 unspecified atom stereocenters. The normalized spacial score (nSPS) is 16.7. The van der Waals surface area contributed by atoms with E-state index in [2.05, 4.69) is 65.3 Å². The SMILES string of the molecule is Cc1ccc(-c2ccc(/C=N/Nc3nc(N4CCCC4)nc(N4CCOCC4)n3)o2)c(Br)c1. The summed E-state index contributed by atoms with van der Waals surface area (Å²) in [4.78, 5) is 18.2. The molecule has 0 saturated carbocycles. The summed E-state index contributed by atoms with van der Waals surface area (Å²) in [6.45, 7) is 6.83. The second kappa shape index (κ2) is 9.88. The van der Waals surface area contributed by atoms with E-state index in [-0.39, 0.29) is 0 Å². The number of benzene rings is 1. The summed E-state index contributed by atoms with van der Waals surface area (Å²) in [5.41, 5.74) is 5.14. The maximum atomic E-state index is 5.95. The first-order chi connectivity index (χ1) is 16.2. The molecule has 2 aliphatic heterocycles. The number of aryl methyl sites for hydroxylation is 1. The smallest absolute Gasteiger partial charge is 0.250 e. The monoisotopic (exact) mass is 511 g/mol. The Morgan fingerprint density at radius 3 is 2.42 bits per heavy atom. The molecule has 1 N–H and O–H groups in total. The van der Waals surface area contributed by atoms with Crippen molar-refractivity contribution in [1.82, 2.24) is 15.0 Å². The van der Waals surface area contributed by atoms with Gasteiger partial charge in [0.15, 0.2) is 0 Å². The predicted octanol–water partition coefficient (Wildman–Crippen LogP) is 4.09. The van der Waals surface area contributed by atoms with E-state index in [0.29, 0.717) is 36.8 Å². The highest BCUT2D eigenvalue weighted by molar-refractivity contribution is 9.10. The van der Waals surface area contributed by atoms with Crippen molar-refractivity contribution in [3.63, 3.8) is 0 Å². The molecule has 2 fully saturated rings. The minimum atomic E-state index is 0.415. The molecule has 0 aliphatic carbocycles. The van der Waals surface area contributed by atoms with Crippen LogP contribution < -0.4 is 15.2 Å². The van der Waals surface area contributed by atoms with Gasteiger partial charge in [0.2, 0.25) is 17.8 Å². The Balaban J connectivity index is 1.33. The van der Waals surface area contributed by atoms with Crippen molar-refractivity contribution in [2.45, 2.75) is 19.8 Å². The van der Waals surface area contributed by atoms with E-state index in [4.69, 9.17) is 14.1 Å². The first kappa shape index (κ1) is 21.8. The second-order valence-corrected chi connectivity index (χ2v) is 8.96. The topological polar surface area (TPSA) is 91.9 Å². The number of hydrogen-bond donors (Lipinski definition) is 1. The number of aromatic nitrogens is 3. The van der Waals surface area contributed by atoms with Gasteiger partial charge in [-0.3, -0.25) is 0 Å². The van der Waals surface area contributed by atoms with Crippen molar-refractivity contribution < 1.29 is 9.15 Å². The number of rotatable bonds is 6. The van der Waals surface area contributed by atoms with E-state index in [1.807, 2.05) is 18.2 Å². The molecule has 0 atom stereocenters. The molecule has 2 saturated heterocycles. The fraction of sp³-hybridized carbons (Fsp3) is 0.391. The maximum Gasteiger partial charge on any atom is 0.250 e. The molecular weight excluding hydrogens is 486 g/mol. The lowest BCUT2D eigenvalue weighted by Gasteiger charge is -2.27. The highest BCUT2D eigenvalue weighted by Gasteiger charge is 2.21. The molecule has 0 amide bonds. The fourth-order valence-electron chi connectivity index (χ4n) is 3.91. The Bertz CT molecular complexity index is 1140. The van der Waals surface area contributed by atoms with Crippen LogP contribution in [0.2, 0.25) is 0 Å². The maximum absolute atomic E-state index is 5.95. The first-order valence-corrected chi connectivity index (χ1v) is 11.9. The van der Waals surface area contributed by atoms with Crippen LogP contribution in [0, 0.1) is 6.92 Å². The van der Waals surface area contributed by atoms with Gasteiger partial charge in [-0.15, -0.1) is 0 Å². The van der Waals surface area contributed by atoms with Gasteiger partial charge in [-0.1, -0.05) is 22.0 Å². The molecule has 1 aromatic carbocycles. The molecule has 4 heterocycles. The highest BCUT2D eigenvalue weighted by Crippen LogP contribution is 2.30. The van der Waals surface area contributed by atoms with E-state index in [0.717, 1.165) is 54.8 Å². The average molecular weight is 512 g/mol. The molecule has 172 valence electrons. The van der Waals surface area contributed by atoms with Gasteiger partial charge < -0.3 is 19.0 Å². The first-order valence-electron chi connectivity index (χ1n) is 11.1. The van der Waals surface area contributed by atoms with Crippen molar-refractivity contribution in [3.05, 3.63) is 46.1 Å². The molecule has 10 heteroatoms. The summed E-state index contributed by atoms with van der Waals surface area (Å²) in [6.07, 6.45) is 3.92. The molecule has 2 aliphatic rings. The van der Waals surface area contributed by atoms with Crippen LogP contribution in [0.4, 0.5) is 17.8 Å². The Morgan fingerprint density at radius 2 is 1.70 bits per heavy atom. The largest absolute Gasteiger partial charge is 0.455 e. The lowest BCUT2D eigenvalue weighted by molar-refractivity contribution is 0.122. The van der Waals surface area contributed by atoms with Crippen LogP contribution in [0.25, 0.3) is 11.3 Å². The second-order valence-electron chi connectivity index (χ2n) is 8.11. The van der Waals surface area contributed by atoms with Gasteiger partial charge in [0.25, 0.3) is 0 Å². The Labute approximate surface area is 201 Å². The van der Waals surface area contributed by atoms with Gasteiger partial charge in [-0.25, -0.2) is 5.43 Å². The van der Waals surface area contributed by atoms with Gasteiger partial charge in [0, 0.05) is 36.2 Å². The zero-order chi connectivity index (χ0) is 22.6. The Morgan fingerprint density at radius 1 is 0.970 bits per heavy atom. The van der Waals surface area contributed by atoms with Crippen LogP contribution >= 0.6 is 15.9 Å². The number of anilines is 3. The summed E-state index contributed by atoms with van der Waals surface area (Å²) in [5, 5.41) is 4.31. The lowest BCUT2D eigenvalue weighted by atomic mass is 10.1. The summed E-state index contributed by atoms with van der Waals surface area (Å²) < 4.78 is 12.4. The molecule has 0 spiro atoms. The van der Waals surface area contributed by atoms with Crippen LogP contribution in [0.5, 0.6) is 0 Å². The zero-order valence-electron chi connectivity index (χ0n) is 18.5. The van der Waals surface area contributed by atoms with E-state index < -0.39 is 0 Å². The van der Waals surface area contributed by atoms with Crippen LogP contribution in [0.15, 0.2) is 44.3 Å². The van der Waals surface area contributed by atoms with E-state index in [1.54, 1.807) is 6.21 Å². The molecule has 5 rings (SSSR count). The predicted molar refractivity (Wildman–Crippen MR) is 132 cm³/mol. The van der Waals surface area contributed by atoms with Crippen molar-refractivity contribution in [3.8, 4) is 11.3 Å². The molecule has 3 aromatic rings. The van der Waals surface area contributed by atoms with Crippen LogP contribution in [-0.2, 0) is 4.74 Å². The summed E-state index contributed by atoms with van der Waals surface area (Å²) >= 11 is 3.61. The van der Waals surface area contributed by atoms with Crippen molar-refractivity contribution >= 4 is 40.0 Å². The number of furan rings is 1. The number of halogens is 1. The minimum Gasteiger partial charge on any atom is -0.455 e. The van der Waals surface area contributed by atoms with E-state index >= 15 is 0 Å². The number of nitrogens with one attached hydrogen (secondary N) is 1. The van der Waals surface area contributed by atoms with E-state index in [1.165, 1.54) is 5.56 Å². The third-order valence-corrected chi connectivity index (χ3v) is 6.32. The molecule has 0 bridgehead atoms. The summed E-state index contributed by atoms with van der Waals surface area (Å²) in [6, 6.07) is 9.98. The third-order valence-electron chi connectivity index (χ3n) is 5.67. The number of morpholine rings is 1. The van der Waals surface area contributed by atoms with Crippen molar-refractivity contribution in [2.75, 3.05) is 54.6 Å². The Hall–Kier alpha value is -2.98. The highest BCUT2D eigenvalue weighted by atomic mass is 79.9. The molecular formula is C23H26BrN7O2. The standard InChI is InChI=1S/C23H26BrN7O2/c1-16-4-6-18(19(24)14-16)20-7-5-17(33-20)15-25-29-21-26-22(30-8-2-3-9-30)28-23(27-21)31-10-12-32-13-11-31/h4-7,14-15H,2-3,8-13H2,1H3,(H,26,27,28,29)/b25-15+. The third kappa shape index (κ3) is 5.17. The molecule has 33 heavy (non-hydrogen) atoms. The number of nitrogens with zero attached hydrogens (tertiary/aromatic N) is 6. The van der Waals surface area contributed by atoms with Gasteiger partial charge in [0.1, 0.15) is 11.5 Å². The molecule has 9 nitrogen and oxygen atoms in total. The van der Waals surface area contributed by atoms with Gasteiger partial charge in [0.05, 0.1) is 19.4 Å². The molecule has 0 radical (unpaired) electrons. The number of ether oxygens (including phenoxy) is 1. The van der Waals surface area contributed by atoms with Gasteiger partial charge >= 0.3 is 0 Å². The quantitative estimate of drug-likeness (QED) is 0.390. The van der Waals surface area contributed by atoms with Crippen molar-refractivity contribution in [1.29, 1.82) is 0 Å². The number of hydrazone groups is 1. The van der Waals surface area contributed by atoms with Gasteiger partial charge in [-0.05, 0) is 49.6 Å². The minimum absolute atomic E-state index is 0.415. The van der Waals surface area contributed by atoms with E-state index in [9.17, 15) is 0 Å². The lowest BCUT2D eigenvalue weighted by Crippen LogP contribution is -2.38. The summed E-state index contributed by atoms with van der Waals surface area (Å²) in [7, 11) is 0. The average Bonchev–Trinajstić information content (AvgIpc) is 3.52. The Kier molecular flexibility index (Phi) is 6.54. The number of hydrogen-bond acceptors (Lipinski definition) is 9. The van der Waals surface area contributed by atoms with Crippen LogP contribution in [0.3, 0.4) is 0 Å². The fourth-order valence-corrected chi connectivity index (χ4v) is 4.60. The van der Waals surface area contributed by atoms with Crippen molar-refractivity contribution in [2.24, 2.45) is 5.10 Å². The van der Waals surface area contributed by atoms with Crippen LogP contribution in [0.1, 0.15) is 24.2 Å². The van der Waals surface area contributed by atoms with Gasteiger partial charge in [-0.2, -0.15) is 20.1 Å².